The lowest BCUT2D eigenvalue weighted by molar-refractivity contribution is -0.112. The topological polar surface area (TPSA) is 17.1 Å². The number of carbonyl (C=O) groups is 1. The predicted molar refractivity (Wildman–Crippen MR) is 71.5 cm³/mol. The van der Waals surface area contributed by atoms with Gasteiger partial charge in [-0.15, -0.1) is 0 Å². The van der Waals surface area contributed by atoms with Crippen molar-refractivity contribution in [3.8, 4) is 0 Å². The van der Waals surface area contributed by atoms with E-state index in [-0.39, 0.29) is 5.24 Å². The van der Waals surface area contributed by atoms with Crippen molar-refractivity contribution >= 4 is 16.8 Å². The van der Waals surface area contributed by atoms with Crippen LogP contribution in [0.15, 0.2) is 24.3 Å². The molecule has 0 bridgehead atoms. The van der Waals surface area contributed by atoms with E-state index in [1.165, 1.54) is 24.0 Å². The van der Waals surface area contributed by atoms with Crippen molar-refractivity contribution in [2.45, 2.75) is 44.9 Å². The fraction of sp³-hybridized carbons (Fsp3) is 0.533. The van der Waals surface area contributed by atoms with E-state index in [9.17, 15) is 4.79 Å². The van der Waals surface area contributed by atoms with E-state index in [2.05, 4.69) is 38.1 Å². The Hall–Kier alpha value is -0.820. The first kappa shape index (κ1) is 12.6. The van der Waals surface area contributed by atoms with Crippen molar-refractivity contribution in [1.82, 2.24) is 0 Å². The minimum absolute atomic E-state index is 0.213. The first-order valence-electron chi connectivity index (χ1n) is 6.36. The van der Waals surface area contributed by atoms with Crippen molar-refractivity contribution in [1.29, 1.82) is 0 Å². The van der Waals surface area contributed by atoms with Crippen LogP contribution in [0.5, 0.6) is 0 Å². The highest BCUT2D eigenvalue weighted by Crippen LogP contribution is 2.44. The molecule has 2 heteroatoms. The molecule has 0 aromatic heterocycles. The Morgan fingerprint density at radius 2 is 1.76 bits per heavy atom. The molecule has 1 fully saturated rings. The summed E-state index contributed by atoms with van der Waals surface area (Å²) in [4.78, 5) is 11.1. The maximum Gasteiger partial charge on any atom is 0.222 e. The number of carbonyl (C=O) groups excluding carboxylic acids is 1. The van der Waals surface area contributed by atoms with Gasteiger partial charge in [-0.1, -0.05) is 38.1 Å². The highest BCUT2D eigenvalue weighted by atomic mass is 35.5. The molecular formula is C15H19ClO. The summed E-state index contributed by atoms with van der Waals surface area (Å²) in [6.07, 6.45) is 2.95. The molecule has 0 spiro atoms. The van der Waals surface area contributed by atoms with Gasteiger partial charge in [0, 0.05) is 6.42 Å². The third kappa shape index (κ3) is 3.32. The molecule has 2 rings (SSSR count). The van der Waals surface area contributed by atoms with Crippen LogP contribution in [0.4, 0.5) is 0 Å². The Bertz CT molecular complexity index is 390. The third-order valence-corrected chi connectivity index (χ3v) is 3.76. The highest BCUT2D eigenvalue weighted by molar-refractivity contribution is 6.63. The Kier molecular flexibility index (Phi) is 3.88. The number of halogens is 1. The average Bonchev–Trinajstić information content (AvgIpc) is 3.09. The van der Waals surface area contributed by atoms with Gasteiger partial charge in [0.15, 0.2) is 0 Å². The van der Waals surface area contributed by atoms with E-state index in [4.69, 9.17) is 11.6 Å². The van der Waals surface area contributed by atoms with Crippen LogP contribution in [0, 0.1) is 5.92 Å². The normalized spacial score (nSPS) is 17.2. The lowest BCUT2D eigenvalue weighted by Gasteiger charge is -2.15. The van der Waals surface area contributed by atoms with Crippen LogP contribution >= 0.6 is 11.6 Å². The molecule has 0 heterocycles. The lowest BCUT2D eigenvalue weighted by Crippen LogP contribution is -2.05. The van der Waals surface area contributed by atoms with Gasteiger partial charge in [0.25, 0.3) is 0 Å². The van der Waals surface area contributed by atoms with Gasteiger partial charge in [0.05, 0.1) is 0 Å². The molecule has 1 aromatic rings. The SMILES string of the molecule is CC(C)c1ccc(C(CC(=O)Cl)C2CC2)cc1. The van der Waals surface area contributed by atoms with Gasteiger partial charge in [-0.25, -0.2) is 0 Å². The second-order valence-corrected chi connectivity index (χ2v) is 5.75. The second-order valence-electron chi connectivity index (χ2n) is 5.32. The zero-order valence-corrected chi connectivity index (χ0v) is 11.2. The Morgan fingerprint density at radius 3 is 2.18 bits per heavy atom. The van der Waals surface area contributed by atoms with Crippen LogP contribution in [-0.2, 0) is 4.79 Å². The molecule has 0 aliphatic heterocycles. The van der Waals surface area contributed by atoms with Crippen LogP contribution in [0.2, 0.25) is 0 Å². The van der Waals surface area contributed by atoms with Gasteiger partial charge in [-0.3, -0.25) is 4.79 Å². The molecule has 17 heavy (non-hydrogen) atoms. The fourth-order valence-corrected chi connectivity index (χ4v) is 2.52. The minimum atomic E-state index is -0.213. The van der Waals surface area contributed by atoms with Crippen molar-refractivity contribution in [2.24, 2.45) is 5.92 Å². The summed E-state index contributed by atoms with van der Waals surface area (Å²) < 4.78 is 0. The Balaban J connectivity index is 2.15. The van der Waals surface area contributed by atoms with Crippen LogP contribution in [-0.4, -0.2) is 5.24 Å². The lowest BCUT2D eigenvalue weighted by atomic mass is 9.90. The van der Waals surface area contributed by atoms with Crippen LogP contribution in [0.1, 0.15) is 56.1 Å². The highest BCUT2D eigenvalue weighted by Gasteiger charge is 2.33. The van der Waals surface area contributed by atoms with Crippen molar-refractivity contribution in [2.75, 3.05) is 0 Å². The van der Waals surface area contributed by atoms with Gasteiger partial charge in [0.1, 0.15) is 0 Å². The summed E-state index contributed by atoms with van der Waals surface area (Å²) >= 11 is 5.54. The van der Waals surface area contributed by atoms with Gasteiger partial charge < -0.3 is 0 Å². The van der Waals surface area contributed by atoms with Crippen molar-refractivity contribution in [3.05, 3.63) is 35.4 Å². The molecule has 0 radical (unpaired) electrons. The Labute approximate surface area is 108 Å². The summed E-state index contributed by atoms with van der Waals surface area (Å²) in [5.74, 6) is 1.56. The van der Waals surface area contributed by atoms with Gasteiger partial charge in [0.2, 0.25) is 5.24 Å². The van der Waals surface area contributed by atoms with Crippen LogP contribution in [0.3, 0.4) is 0 Å². The zero-order chi connectivity index (χ0) is 12.4. The van der Waals surface area contributed by atoms with E-state index in [1.807, 2.05) is 0 Å². The number of hydrogen-bond donors (Lipinski definition) is 0. The maximum absolute atomic E-state index is 11.1. The van der Waals surface area contributed by atoms with Crippen molar-refractivity contribution < 1.29 is 4.79 Å². The molecule has 1 unspecified atom stereocenters. The minimum Gasteiger partial charge on any atom is -0.281 e. The molecule has 1 aliphatic carbocycles. The summed E-state index contributed by atoms with van der Waals surface area (Å²) in [6.45, 7) is 4.38. The number of hydrogen-bond acceptors (Lipinski definition) is 1. The Morgan fingerprint density at radius 1 is 1.24 bits per heavy atom. The van der Waals surface area contributed by atoms with E-state index in [0.29, 0.717) is 24.2 Å². The molecular weight excluding hydrogens is 232 g/mol. The molecule has 1 saturated carbocycles. The average molecular weight is 251 g/mol. The third-order valence-electron chi connectivity index (χ3n) is 3.60. The summed E-state index contributed by atoms with van der Waals surface area (Å²) in [7, 11) is 0. The smallest absolute Gasteiger partial charge is 0.222 e. The van der Waals surface area contributed by atoms with Gasteiger partial charge in [-0.05, 0) is 53.3 Å². The molecule has 0 N–H and O–H groups in total. The quantitative estimate of drug-likeness (QED) is 0.706. The fourth-order valence-electron chi connectivity index (χ4n) is 2.36. The molecule has 0 saturated heterocycles. The molecule has 1 nitrogen and oxygen atoms in total. The van der Waals surface area contributed by atoms with Crippen LogP contribution < -0.4 is 0 Å². The number of rotatable bonds is 5. The number of benzene rings is 1. The van der Waals surface area contributed by atoms with E-state index >= 15 is 0 Å². The molecule has 1 atom stereocenters. The van der Waals surface area contributed by atoms with E-state index in [0.717, 1.165) is 0 Å². The monoisotopic (exact) mass is 250 g/mol. The maximum atomic E-state index is 11.1. The molecule has 92 valence electrons. The summed E-state index contributed by atoms with van der Waals surface area (Å²) in [6, 6.07) is 8.68. The van der Waals surface area contributed by atoms with Gasteiger partial charge in [-0.2, -0.15) is 0 Å². The van der Waals surface area contributed by atoms with E-state index < -0.39 is 0 Å². The van der Waals surface area contributed by atoms with E-state index in [1.54, 1.807) is 0 Å². The summed E-state index contributed by atoms with van der Waals surface area (Å²) in [5, 5.41) is -0.213. The van der Waals surface area contributed by atoms with Crippen LogP contribution in [0.25, 0.3) is 0 Å². The molecule has 1 aromatic carbocycles. The summed E-state index contributed by atoms with van der Waals surface area (Å²) in [5.41, 5.74) is 2.62. The largest absolute Gasteiger partial charge is 0.281 e. The predicted octanol–water partition coefficient (Wildman–Crippen LogP) is 4.46. The van der Waals surface area contributed by atoms with Crippen molar-refractivity contribution in [3.63, 3.8) is 0 Å². The first-order valence-corrected chi connectivity index (χ1v) is 6.74. The second kappa shape index (κ2) is 5.22. The first-order chi connectivity index (χ1) is 8.08. The molecule has 1 aliphatic rings. The van der Waals surface area contributed by atoms with Gasteiger partial charge >= 0.3 is 0 Å². The molecule has 0 amide bonds. The zero-order valence-electron chi connectivity index (χ0n) is 10.4. The standard InChI is InChI=1S/C15H19ClO/c1-10(2)11-3-5-12(6-4-11)14(9-15(16)17)13-7-8-13/h3-6,10,13-14H,7-9H2,1-2H3.